The number of rotatable bonds is 3. The van der Waals surface area contributed by atoms with Crippen molar-refractivity contribution >= 4 is 34.1 Å². The first-order valence-corrected chi connectivity index (χ1v) is 7.32. The normalized spacial score (nSPS) is 10.8. The average molecular weight is 318 g/mol. The number of hydrogen-bond acceptors (Lipinski definition) is 2. The molecule has 0 bridgehead atoms. The van der Waals surface area contributed by atoms with E-state index >= 15 is 0 Å². The third-order valence-corrected chi connectivity index (χ3v) is 4.03. The first kappa shape index (κ1) is 14.2. The third kappa shape index (κ3) is 3.12. The zero-order chi connectivity index (χ0) is 14.8. The van der Waals surface area contributed by atoms with Crippen molar-refractivity contribution in [3.63, 3.8) is 0 Å². The summed E-state index contributed by atoms with van der Waals surface area (Å²) in [6.07, 6.45) is 0. The summed E-state index contributed by atoms with van der Waals surface area (Å²) in [5, 5.41) is 2.25. The number of ether oxygens (including phenoxy) is 1. The van der Waals surface area contributed by atoms with Crippen LogP contribution in [0.3, 0.4) is 0 Å². The predicted octanol–water partition coefficient (Wildman–Crippen LogP) is 5.43. The van der Waals surface area contributed by atoms with E-state index in [4.69, 9.17) is 27.9 Å². The Kier molecular flexibility index (Phi) is 4.00. The van der Waals surface area contributed by atoms with E-state index < -0.39 is 0 Å². The van der Waals surface area contributed by atoms with Crippen LogP contribution in [0.2, 0.25) is 10.2 Å². The lowest BCUT2D eigenvalue weighted by Crippen LogP contribution is -1.98. The van der Waals surface area contributed by atoms with E-state index in [0.29, 0.717) is 11.8 Å². The van der Waals surface area contributed by atoms with Crippen molar-refractivity contribution in [1.29, 1.82) is 0 Å². The number of fused-ring (bicyclic) bond motifs is 1. The maximum absolute atomic E-state index is 6.21. The highest BCUT2D eigenvalue weighted by Crippen LogP contribution is 2.24. The molecule has 1 aromatic heterocycles. The van der Waals surface area contributed by atoms with Gasteiger partial charge in [-0.1, -0.05) is 41.4 Å². The highest BCUT2D eigenvalue weighted by atomic mass is 35.5. The van der Waals surface area contributed by atoms with Gasteiger partial charge in [0, 0.05) is 16.0 Å². The van der Waals surface area contributed by atoms with Crippen molar-refractivity contribution in [1.82, 2.24) is 4.98 Å². The number of pyridine rings is 1. The SMILES string of the molecule is Cc1cc(OCc2cc3ccccc3nc2Cl)ccc1Cl. The molecule has 0 atom stereocenters. The van der Waals surface area contributed by atoms with E-state index in [1.165, 1.54) is 0 Å². The molecule has 106 valence electrons. The van der Waals surface area contributed by atoms with Gasteiger partial charge in [-0.05, 0) is 42.8 Å². The first-order chi connectivity index (χ1) is 10.1. The van der Waals surface area contributed by atoms with E-state index in [0.717, 1.165) is 32.8 Å². The summed E-state index contributed by atoms with van der Waals surface area (Å²) in [4.78, 5) is 4.38. The van der Waals surface area contributed by atoms with E-state index in [1.807, 2.05) is 55.5 Å². The molecule has 0 radical (unpaired) electrons. The van der Waals surface area contributed by atoms with Crippen LogP contribution in [0.1, 0.15) is 11.1 Å². The van der Waals surface area contributed by atoms with Gasteiger partial charge < -0.3 is 4.74 Å². The molecule has 0 spiro atoms. The predicted molar refractivity (Wildman–Crippen MR) is 87.3 cm³/mol. The van der Waals surface area contributed by atoms with Gasteiger partial charge in [-0.15, -0.1) is 0 Å². The molecule has 2 nitrogen and oxygen atoms in total. The molecule has 3 rings (SSSR count). The van der Waals surface area contributed by atoms with E-state index in [2.05, 4.69) is 4.98 Å². The molecule has 0 aliphatic rings. The van der Waals surface area contributed by atoms with Crippen LogP contribution in [0.5, 0.6) is 5.75 Å². The van der Waals surface area contributed by atoms with Gasteiger partial charge in [0.2, 0.25) is 0 Å². The monoisotopic (exact) mass is 317 g/mol. The Morgan fingerprint density at radius 2 is 1.86 bits per heavy atom. The van der Waals surface area contributed by atoms with Crippen LogP contribution in [0, 0.1) is 6.92 Å². The van der Waals surface area contributed by atoms with Crippen molar-refractivity contribution in [2.45, 2.75) is 13.5 Å². The second-order valence-electron chi connectivity index (χ2n) is 4.83. The molecule has 0 fully saturated rings. The molecule has 0 aliphatic carbocycles. The van der Waals surface area contributed by atoms with Crippen molar-refractivity contribution < 1.29 is 4.74 Å². The summed E-state index contributed by atoms with van der Waals surface area (Å²) >= 11 is 12.2. The second kappa shape index (κ2) is 5.92. The van der Waals surface area contributed by atoms with Gasteiger partial charge in [0.15, 0.2) is 0 Å². The van der Waals surface area contributed by atoms with Crippen molar-refractivity contribution in [2.24, 2.45) is 0 Å². The van der Waals surface area contributed by atoms with Gasteiger partial charge in [-0.3, -0.25) is 0 Å². The van der Waals surface area contributed by atoms with Crippen molar-refractivity contribution in [3.8, 4) is 5.75 Å². The number of halogens is 2. The Morgan fingerprint density at radius 3 is 2.67 bits per heavy atom. The zero-order valence-corrected chi connectivity index (χ0v) is 12.9. The average Bonchev–Trinajstić information content (AvgIpc) is 2.48. The summed E-state index contributed by atoms with van der Waals surface area (Å²) in [6, 6.07) is 15.5. The largest absolute Gasteiger partial charge is 0.489 e. The Labute approximate surface area is 133 Å². The maximum atomic E-state index is 6.21. The fraction of sp³-hybridized carbons (Fsp3) is 0.118. The lowest BCUT2D eigenvalue weighted by atomic mass is 10.2. The van der Waals surface area contributed by atoms with Crippen LogP contribution in [0.15, 0.2) is 48.5 Å². The second-order valence-corrected chi connectivity index (χ2v) is 5.60. The Hall–Kier alpha value is -1.77. The summed E-state index contributed by atoms with van der Waals surface area (Å²) in [6.45, 7) is 2.32. The molecule has 0 amide bonds. The minimum atomic E-state index is 0.373. The lowest BCUT2D eigenvalue weighted by Gasteiger charge is -2.09. The Balaban J connectivity index is 1.84. The number of aryl methyl sites for hydroxylation is 1. The summed E-state index contributed by atoms with van der Waals surface area (Å²) in [5.41, 5.74) is 2.73. The van der Waals surface area contributed by atoms with Crippen molar-refractivity contribution in [3.05, 3.63) is 69.8 Å². The van der Waals surface area contributed by atoms with E-state index in [-0.39, 0.29) is 0 Å². The molecule has 3 aromatic rings. The highest BCUT2D eigenvalue weighted by molar-refractivity contribution is 6.31. The molecule has 1 heterocycles. The quantitative estimate of drug-likeness (QED) is 0.601. The summed E-state index contributed by atoms with van der Waals surface area (Å²) < 4.78 is 5.77. The summed E-state index contributed by atoms with van der Waals surface area (Å²) in [7, 11) is 0. The van der Waals surface area contributed by atoms with Crippen molar-refractivity contribution in [2.75, 3.05) is 0 Å². The number of nitrogens with zero attached hydrogens (tertiary/aromatic N) is 1. The molecule has 0 N–H and O–H groups in total. The van der Waals surface area contributed by atoms with Crippen LogP contribution < -0.4 is 4.74 Å². The Bertz CT molecular complexity index is 802. The molecule has 0 unspecified atom stereocenters. The first-order valence-electron chi connectivity index (χ1n) is 6.56. The lowest BCUT2D eigenvalue weighted by molar-refractivity contribution is 0.306. The van der Waals surface area contributed by atoms with Gasteiger partial charge in [0.05, 0.1) is 5.52 Å². The molecule has 4 heteroatoms. The number of benzene rings is 2. The third-order valence-electron chi connectivity index (χ3n) is 3.27. The number of aromatic nitrogens is 1. The van der Waals surface area contributed by atoms with E-state index in [1.54, 1.807) is 0 Å². The molecule has 0 saturated carbocycles. The zero-order valence-electron chi connectivity index (χ0n) is 11.4. The molecule has 2 aromatic carbocycles. The smallest absolute Gasteiger partial charge is 0.136 e. The number of para-hydroxylation sites is 1. The van der Waals surface area contributed by atoms with Gasteiger partial charge in [-0.25, -0.2) is 4.98 Å². The van der Waals surface area contributed by atoms with Crippen LogP contribution in [0.25, 0.3) is 10.9 Å². The molecule has 0 saturated heterocycles. The molecular formula is C17H13Cl2NO. The Morgan fingerprint density at radius 1 is 1.05 bits per heavy atom. The van der Waals surface area contributed by atoms with E-state index in [9.17, 15) is 0 Å². The minimum absolute atomic E-state index is 0.373. The van der Waals surface area contributed by atoms with Crippen LogP contribution in [-0.4, -0.2) is 4.98 Å². The van der Waals surface area contributed by atoms with Gasteiger partial charge in [0.1, 0.15) is 17.5 Å². The standard InChI is InChI=1S/C17H13Cl2NO/c1-11-8-14(6-7-15(11)18)21-10-13-9-12-4-2-3-5-16(12)20-17(13)19/h2-9H,10H2,1H3. The van der Waals surface area contributed by atoms with Crippen LogP contribution >= 0.6 is 23.2 Å². The summed E-state index contributed by atoms with van der Waals surface area (Å²) in [5.74, 6) is 0.765. The fourth-order valence-electron chi connectivity index (χ4n) is 2.11. The minimum Gasteiger partial charge on any atom is -0.489 e. The van der Waals surface area contributed by atoms with Gasteiger partial charge >= 0.3 is 0 Å². The topological polar surface area (TPSA) is 22.1 Å². The van der Waals surface area contributed by atoms with Crippen LogP contribution in [0.4, 0.5) is 0 Å². The number of hydrogen-bond donors (Lipinski definition) is 0. The molecule has 21 heavy (non-hydrogen) atoms. The van der Waals surface area contributed by atoms with Gasteiger partial charge in [0.25, 0.3) is 0 Å². The molecule has 0 aliphatic heterocycles. The van der Waals surface area contributed by atoms with Crippen LogP contribution in [-0.2, 0) is 6.61 Å². The van der Waals surface area contributed by atoms with Gasteiger partial charge in [-0.2, -0.15) is 0 Å². The molecular weight excluding hydrogens is 305 g/mol. The fourth-order valence-corrected chi connectivity index (χ4v) is 2.42. The highest BCUT2D eigenvalue weighted by Gasteiger charge is 2.06. The maximum Gasteiger partial charge on any atom is 0.136 e.